The first-order valence-corrected chi connectivity index (χ1v) is 11.8. The topological polar surface area (TPSA) is 63.1 Å². The number of rotatable bonds is 8. The summed E-state index contributed by atoms with van der Waals surface area (Å²) in [5, 5.41) is 12.3. The van der Waals surface area contributed by atoms with Crippen LogP contribution in [0.3, 0.4) is 0 Å². The van der Waals surface area contributed by atoms with Crippen LogP contribution in [0.2, 0.25) is 0 Å². The lowest BCUT2D eigenvalue weighted by Gasteiger charge is -2.23. The van der Waals surface area contributed by atoms with Gasteiger partial charge in [0, 0.05) is 31.6 Å². The Balaban J connectivity index is 1.78. The number of benzene rings is 1. The second kappa shape index (κ2) is 10.4. The molecule has 0 radical (unpaired) electrons. The fraction of sp³-hybridized carbons (Fsp3) is 0.640. The van der Waals surface area contributed by atoms with Crippen LogP contribution in [0, 0.1) is 25.7 Å². The molecule has 0 spiro atoms. The van der Waals surface area contributed by atoms with E-state index < -0.39 is 0 Å². The molecule has 0 fully saturated rings. The minimum absolute atomic E-state index is 0.0398. The van der Waals surface area contributed by atoms with E-state index in [1.165, 1.54) is 6.42 Å². The molecule has 31 heavy (non-hydrogen) atoms. The summed E-state index contributed by atoms with van der Waals surface area (Å²) in [4.78, 5) is 15.6. The average Bonchev–Trinajstić information content (AvgIpc) is 2.97. The predicted octanol–water partition coefficient (Wildman–Crippen LogP) is 4.32. The first-order chi connectivity index (χ1) is 14.7. The van der Waals surface area contributed by atoms with Crippen LogP contribution in [0.25, 0.3) is 0 Å². The van der Waals surface area contributed by atoms with Crippen molar-refractivity contribution < 1.29 is 4.79 Å². The Hall–Kier alpha value is -2.21. The van der Waals surface area contributed by atoms with E-state index in [1.54, 1.807) is 0 Å². The van der Waals surface area contributed by atoms with Gasteiger partial charge in [-0.1, -0.05) is 44.9 Å². The molecule has 1 aliphatic rings. The molecule has 0 aliphatic carbocycles. The van der Waals surface area contributed by atoms with Gasteiger partial charge in [0.2, 0.25) is 0 Å². The number of hydrogen-bond donors (Lipinski definition) is 1. The molecule has 6 heteroatoms. The summed E-state index contributed by atoms with van der Waals surface area (Å²) < 4.78 is 2.25. The number of amides is 1. The van der Waals surface area contributed by atoms with Crippen LogP contribution in [0.15, 0.2) is 18.2 Å². The second-order valence-electron chi connectivity index (χ2n) is 9.93. The van der Waals surface area contributed by atoms with Gasteiger partial charge in [0.15, 0.2) is 5.82 Å². The first kappa shape index (κ1) is 23.5. The minimum atomic E-state index is -0.142. The van der Waals surface area contributed by atoms with E-state index in [9.17, 15) is 4.79 Å². The molecule has 3 rings (SSSR count). The van der Waals surface area contributed by atoms with E-state index in [4.69, 9.17) is 0 Å². The number of aromatic nitrogens is 3. The molecule has 1 aliphatic heterocycles. The molecule has 0 saturated carbocycles. The Labute approximate surface area is 187 Å². The molecule has 0 bridgehead atoms. The highest BCUT2D eigenvalue weighted by molar-refractivity contribution is 5.94. The van der Waals surface area contributed by atoms with Crippen LogP contribution < -0.4 is 5.32 Å². The Bertz CT molecular complexity index is 866. The summed E-state index contributed by atoms with van der Waals surface area (Å²) in [6, 6.07) is 5.85. The van der Waals surface area contributed by atoms with Crippen molar-refractivity contribution in [2.45, 2.75) is 73.4 Å². The van der Waals surface area contributed by atoms with E-state index in [0.29, 0.717) is 17.4 Å². The van der Waals surface area contributed by atoms with Crippen molar-refractivity contribution in [3.8, 4) is 0 Å². The van der Waals surface area contributed by atoms with Gasteiger partial charge in [0.05, 0.1) is 6.04 Å². The van der Waals surface area contributed by atoms with Crippen molar-refractivity contribution in [2.75, 3.05) is 19.6 Å². The summed E-state index contributed by atoms with van der Waals surface area (Å²) in [7, 11) is 0. The van der Waals surface area contributed by atoms with Crippen LogP contribution in [0.5, 0.6) is 0 Å². The highest BCUT2D eigenvalue weighted by Crippen LogP contribution is 2.23. The maximum atomic E-state index is 13.1. The van der Waals surface area contributed by atoms with Crippen LogP contribution in [-0.4, -0.2) is 45.2 Å². The van der Waals surface area contributed by atoms with Gasteiger partial charge in [-0.2, -0.15) is 0 Å². The summed E-state index contributed by atoms with van der Waals surface area (Å²) in [6.07, 6.45) is 2.96. The lowest BCUT2D eigenvalue weighted by molar-refractivity contribution is 0.0928. The Morgan fingerprint density at radius 1 is 1.00 bits per heavy atom. The largest absolute Gasteiger partial charge is 0.342 e. The van der Waals surface area contributed by atoms with Crippen LogP contribution in [-0.2, 0) is 13.0 Å². The molecular formula is C25H39N5O. The molecule has 1 N–H and O–H groups in total. The smallest absolute Gasteiger partial charge is 0.251 e. The maximum absolute atomic E-state index is 13.1. The molecule has 1 aromatic carbocycles. The van der Waals surface area contributed by atoms with Crippen molar-refractivity contribution >= 4 is 5.91 Å². The molecule has 2 aromatic rings. The van der Waals surface area contributed by atoms with Gasteiger partial charge in [0.25, 0.3) is 5.91 Å². The number of fused-ring (bicyclic) bond motifs is 1. The molecule has 2 heterocycles. The zero-order valence-corrected chi connectivity index (χ0v) is 20.1. The van der Waals surface area contributed by atoms with Gasteiger partial charge in [0.1, 0.15) is 5.82 Å². The lowest BCUT2D eigenvalue weighted by atomic mass is 10.0. The monoisotopic (exact) mass is 425 g/mol. The zero-order chi connectivity index (χ0) is 22.5. The third kappa shape index (κ3) is 6.39. The summed E-state index contributed by atoms with van der Waals surface area (Å²) in [5.41, 5.74) is 2.91. The van der Waals surface area contributed by atoms with Gasteiger partial charge in [-0.15, -0.1) is 10.2 Å². The fourth-order valence-corrected chi connectivity index (χ4v) is 4.36. The normalized spacial score (nSPS) is 15.7. The molecule has 0 saturated heterocycles. The van der Waals surface area contributed by atoms with Crippen molar-refractivity contribution in [2.24, 2.45) is 11.8 Å². The zero-order valence-electron chi connectivity index (χ0n) is 20.1. The third-order valence-electron chi connectivity index (χ3n) is 5.98. The van der Waals surface area contributed by atoms with E-state index in [2.05, 4.69) is 58.7 Å². The number of carbonyl (C=O) groups excluding carboxylic acids is 1. The number of carbonyl (C=O) groups is 1. The Morgan fingerprint density at radius 2 is 1.71 bits per heavy atom. The molecule has 170 valence electrons. The second-order valence-corrected chi connectivity index (χ2v) is 9.93. The standard InChI is InChI=1S/C25H39N5O/c1-17(2)7-9-29-10-8-23-27-28-24(30(23)12-11-29)22(13-18(3)4)26-25(31)21-15-19(5)14-20(6)16-21/h14-18,22H,7-13H2,1-6H3,(H,26,31)/t22-/m1/s1. The molecule has 1 atom stereocenters. The van der Waals surface area contributed by atoms with Crippen LogP contribution >= 0.6 is 0 Å². The minimum Gasteiger partial charge on any atom is -0.342 e. The van der Waals surface area contributed by atoms with Gasteiger partial charge < -0.3 is 14.8 Å². The maximum Gasteiger partial charge on any atom is 0.251 e. The van der Waals surface area contributed by atoms with Gasteiger partial charge in [-0.3, -0.25) is 4.79 Å². The molecule has 1 aromatic heterocycles. The Morgan fingerprint density at radius 3 is 2.35 bits per heavy atom. The van der Waals surface area contributed by atoms with Crippen molar-refractivity contribution in [3.05, 3.63) is 46.5 Å². The Kier molecular flexibility index (Phi) is 7.87. The SMILES string of the molecule is Cc1cc(C)cc(C(=O)N[C@H](CC(C)C)c2nnc3n2CCN(CCC(C)C)CC3)c1. The van der Waals surface area contributed by atoms with E-state index in [-0.39, 0.29) is 11.9 Å². The summed E-state index contributed by atoms with van der Waals surface area (Å²) in [5.74, 6) is 3.05. The highest BCUT2D eigenvalue weighted by atomic mass is 16.1. The predicted molar refractivity (Wildman–Crippen MR) is 125 cm³/mol. The van der Waals surface area contributed by atoms with Gasteiger partial charge in [-0.25, -0.2) is 0 Å². The van der Waals surface area contributed by atoms with Crippen LogP contribution in [0.1, 0.15) is 79.7 Å². The number of nitrogens with one attached hydrogen (secondary N) is 1. The van der Waals surface area contributed by atoms with E-state index in [1.807, 2.05) is 26.0 Å². The van der Waals surface area contributed by atoms with Crippen molar-refractivity contribution in [1.82, 2.24) is 25.0 Å². The van der Waals surface area contributed by atoms with Gasteiger partial charge in [-0.05, 0) is 57.2 Å². The van der Waals surface area contributed by atoms with E-state index >= 15 is 0 Å². The van der Waals surface area contributed by atoms with E-state index in [0.717, 1.165) is 61.8 Å². The third-order valence-corrected chi connectivity index (χ3v) is 5.98. The number of nitrogens with zero attached hydrogens (tertiary/aromatic N) is 4. The fourth-order valence-electron chi connectivity index (χ4n) is 4.36. The first-order valence-electron chi connectivity index (χ1n) is 11.8. The summed E-state index contributed by atoms with van der Waals surface area (Å²) >= 11 is 0. The highest BCUT2D eigenvalue weighted by Gasteiger charge is 2.26. The quantitative estimate of drug-likeness (QED) is 0.684. The lowest BCUT2D eigenvalue weighted by Crippen LogP contribution is -2.33. The molecule has 0 unspecified atom stereocenters. The van der Waals surface area contributed by atoms with Crippen molar-refractivity contribution in [1.29, 1.82) is 0 Å². The number of hydrogen-bond acceptors (Lipinski definition) is 4. The summed E-state index contributed by atoms with van der Waals surface area (Å²) in [6.45, 7) is 17.0. The number of aryl methyl sites for hydroxylation is 2. The van der Waals surface area contributed by atoms with Gasteiger partial charge >= 0.3 is 0 Å². The average molecular weight is 426 g/mol. The van der Waals surface area contributed by atoms with Crippen LogP contribution in [0.4, 0.5) is 0 Å². The molecule has 6 nitrogen and oxygen atoms in total. The van der Waals surface area contributed by atoms with Crippen molar-refractivity contribution in [3.63, 3.8) is 0 Å². The molecule has 1 amide bonds. The molecular weight excluding hydrogens is 386 g/mol.